The predicted octanol–water partition coefficient (Wildman–Crippen LogP) is -0.627. The van der Waals surface area contributed by atoms with E-state index in [0.717, 1.165) is 5.82 Å². The molecule has 2 amide bonds. The smallest absolute Gasteiger partial charge is 0.232 e. The molecule has 3 rings (SSSR count). The van der Waals surface area contributed by atoms with E-state index < -0.39 is 0 Å². The number of carbonyl (C=O) groups is 2. The van der Waals surface area contributed by atoms with Crippen LogP contribution >= 0.6 is 0 Å². The minimum Gasteiger partial charge on any atom is -0.397 e. The average Bonchev–Trinajstić information content (AvgIpc) is 2.83. The lowest BCUT2D eigenvalue weighted by Crippen LogP contribution is -2.31. The summed E-state index contributed by atoms with van der Waals surface area (Å²) in [5.74, 6) is -0.0474. The summed E-state index contributed by atoms with van der Waals surface area (Å²) in [7, 11) is 0. The van der Waals surface area contributed by atoms with E-state index in [2.05, 4.69) is 10.3 Å². The monoisotopic (exact) mass is 232 g/mol. The van der Waals surface area contributed by atoms with Gasteiger partial charge < -0.3 is 10.6 Å². The quantitative estimate of drug-likeness (QED) is 0.629. The van der Waals surface area contributed by atoms with Gasteiger partial charge in [0.25, 0.3) is 0 Å². The fourth-order valence-corrected chi connectivity index (χ4v) is 2.41. The highest BCUT2D eigenvalue weighted by atomic mass is 16.2. The Morgan fingerprint density at radius 1 is 1.24 bits per heavy atom. The number of nitrogens with two attached hydrogens (primary N) is 1. The Bertz CT molecular complexity index is 463. The Kier molecular flexibility index (Phi) is 2.04. The molecule has 1 aromatic rings. The standard InChI is InChI=1S/C11H12N4O2/c12-6-1-2-9(13-3-6)15-4-7-8(5-15)11(17)14-10(7)16/h1-3,7-8H,4-5,12H2,(H,14,16,17)/t7-,8-/m1/s1. The number of nitrogens with zero attached hydrogens (tertiary/aromatic N) is 2. The van der Waals surface area contributed by atoms with Crippen LogP contribution in [0.15, 0.2) is 18.3 Å². The van der Waals surface area contributed by atoms with Gasteiger partial charge in [-0.25, -0.2) is 4.98 Å². The molecule has 0 spiro atoms. The minimum atomic E-state index is -0.234. The fourth-order valence-electron chi connectivity index (χ4n) is 2.41. The summed E-state index contributed by atoms with van der Waals surface area (Å²) >= 11 is 0. The average molecular weight is 232 g/mol. The van der Waals surface area contributed by atoms with Crippen LogP contribution < -0.4 is 16.0 Å². The molecule has 0 aliphatic carbocycles. The Hall–Kier alpha value is -2.11. The third kappa shape index (κ3) is 1.52. The maximum atomic E-state index is 11.5. The topological polar surface area (TPSA) is 88.3 Å². The molecule has 6 heteroatoms. The van der Waals surface area contributed by atoms with Gasteiger partial charge in [0.2, 0.25) is 11.8 Å². The van der Waals surface area contributed by atoms with Crippen molar-refractivity contribution in [3.05, 3.63) is 18.3 Å². The van der Waals surface area contributed by atoms with Gasteiger partial charge in [-0.1, -0.05) is 0 Å². The summed E-state index contributed by atoms with van der Waals surface area (Å²) in [5, 5.41) is 2.35. The lowest BCUT2D eigenvalue weighted by molar-refractivity contribution is -0.126. The molecule has 2 aliphatic rings. The van der Waals surface area contributed by atoms with Crippen molar-refractivity contribution >= 4 is 23.3 Å². The first kappa shape index (κ1) is 10.1. The molecule has 3 heterocycles. The highest BCUT2D eigenvalue weighted by Gasteiger charge is 2.47. The van der Waals surface area contributed by atoms with Crippen molar-refractivity contribution in [1.29, 1.82) is 0 Å². The summed E-state index contributed by atoms with van der Waals surface area (Å²) < 4.78 is 0. The molecule has 1 aromatic heterocycles. The van der Waals surface area contributed by atoms with Crippen molar-refractivity contribution in [2.24, 2.45) is 11.8 Å². The molecule has 2 atom stereocenters. The van der Waals surface area contributed by atoms with Gasteiger partial charge in [0.15, 0.2) is 0 Å². The molecule has 0 saturated carbocycles. The maximum Gasteiger partial charge on any atom is 0.232 e. The third-order valence-corrected chi connectivity index (χ3v) is 3.33. The first-order valence-electron chi connectivity index (χ1n) is 5.46. The Morgan fingerprint density at radius 3 is 2.41 bits per heavy atom. The van der Waals surface area contributed by atoms with Gasteiger partial charge in [-0.2, -0.15) is 0 Å². The van der Waals surface area contributed by atoms with Crippen LogP contribution in [0.1, 0.15) is 0 Å². The van der Waals surface area contributed by atoms with Gasteiger partial charge in [-0.3, -0.25) is 14.9 Å². The highest BCUT2D eigenvalue weighted by molar-refractivity contribution is 6.06. The van der Waals surface area contributed by atoms with Crippen molar-refractivity contribution < 1.29 is 9.59 Å². The van der Waals surface area contributed by atoms with E-state index in [1.807, 2.05) is 4.90 Å². The first-order chi connectivity index (χ1) is 8.15. The zero-order valence-corrected chi connectivity index (χ0v) is 9.09. The number of aromatic nitrogens is 1. The number of hydrogen-bond donors (Lipinski definition) is 2. The molecule has 3 N–H and O–H groups in total. The number of fused-ring (bicyclic) bond motifs is 1. The van der Waals surface area contributed by atoms with E-state index in [4.69, 9.17) is 5.73 Å². The number of rotatable bonds is 1. The zero-order valence-electron chi connectivity index (χ0n) is 9.09. The second-order valence-electron chi connectivity index (χ2n) is 4.42. The normalized spacial score (nSPS) is 27.2. The van der Waals surface area contributed by atoms with Crippen molar-refractivity contribution in [2.75, 3.05) is 23.7 Å². The van der Waals surface area contributed by atoms with Crippen molar-refractivity contribution in [2.45, 2.75) is 0 Å². The predicted molar refractivity (Wildman–Crippen MR) is 61.0 cm³/mol. The Balaban J connectivity index is 1.83. The molecule has 6 nitrogen and oxygen atoms in total. The molecule has 0 aromatic carbocycles. The van der Waals surface area contributed by atoms with E-state index in [9.17, 15) is 9.59 Å². The molecular formula is C11H12N4O2. The summed E-state index contributed by atoms with van der Waals surface area (Å²) in [6, 6.07) is 3.57. The van der Waals surface area contributed by atoms with Crippen molar-refractivity contribution in [3.63, 3.8) is 0 Å². The number of amides is 2. The number of nitrogen functional groups attached to an aromatic ring is 1. The second-order valence-corrected chi connectivity index (χ2v) is 4.42. The zero-order chi connectivity index (χ0) is 12.0. The molecule has 2 aliphatic heterocycles. The molecule has 88 valence electrons. The van der Waals surface area contributed by atoms with E-state index >= 15 is 0 Å². The van der Waals surface area contributed by atoms with Gasteiger partial charge in [0, 0.05) is 13.1 Å². The second kappa shape index (κ2) is 3.44. The van der Waals surface area contributed by atoms with Crippen molar-refractivity contribution in [1.82, 2.24) is 10.3 Å². The number of pyridine rings is 1. The van der Waals surface area contributed by atoms with Crippen LogP contribution in [-0.2, 0) is 9.59 Å². The number of imide groups is 1. The molecule has 2 fully saturated rings. The highest BCUT2D eigenvalue weighted by Crippen LogP contribution is 2.30. The molecular weight excluding hydrogens is 220 g/mol. The Morgan fingerprint density at radius 2 is 1.88 bits per heavy atom. The van der Waals surface area contributed by atoms with Gasteiger partial charge >= 0.3 is 0 Å². The number of hydrogen-bond acceptors (Lipinski definition) is 5. The molecule has 2 saturated heterocycles. The maximum absolute atomic E-state index is 11.5. The summed E-state index contributed by atoms with van der Waals surface area (Å²) in [5.41, 5.74) is 6.16. The largest absolute Gasteiger partial charge is 0.397 e. The van der Waals surface area contributed by atoms with Crippen LogP contribution in [0.2, 0.25) is 0 Å². The van der Waals surface area contributed by atoms with Crippen LogP contribution in [0.3, 0.4) is 0 Å². The van der Waals surface area contributed by atoms with E-state index in [1.54, 1.807) is 18.3 Å². The van der Waals surface area contributed by atoms with Gasteiger partial charge in [0.1, 0.15) is 5.82 Å². The number of anilines is 2. The van der Waals surface area contributed by atoms with Crippen LogP contribution in [0.5, 0.6) is 0 Å². The van der Waals surface area contributed by atoms with Gasteiger partial charge in [-0.15, -0.1) is 0 Å². The van der Waals surface area contributed by atoms with E-state index in [-0.39, 0.29) is 23.7 Å². The number of carbonyl (C=O) groups excluding carboxylic acids is 2. The Labute approximate surface area is 97.8 Å². The summed E-state index contributed by atoms with van der Waals surface area (Å²) in [6.45, 7) is 1.08. The van der Waals surface area contributed by atoms with Gasteiger partial charge in [0.05, 0.1) is 23.7 Å². The van der Waals surface area contributed by atoms with Crippen LogP contribution in [0.4, 0.5) is 11.5 Å². The first-order valence-corrected chi connectivity index (χ1v) is 5.46. The van der Waals surface area contributed by atoms with E-state index in [0.29, 0.717) is 18.8 Å². The fraction of sp³-hybridized carbons (Fsp3) is 0.364. The minimum absolute atomic E-state index is 0.169. The van der Waals surface area contributed by atoms with Crippen LogP contribution in [0, 0.1) is 11.8 Å². The number of nitrogens with one attached hydrogen (secondary N) is 1. The SMILES string of the molecule is Nc1ccc(N2C[C@H]3C(=O)NC(=O)[C@@H]3C2)nc1. The van der Waals surface area contributed by atoms with Gasteiger partial charge in [-0.05, 0) is 12.1 Å². The van der Waals surface area contributed by atoms with Crippen LogP contribution in [-0.4, -0.2) is 29.9 Å². The summed E-state index contributed by atoms with van der Waals surface area (Å²) in [4.78, 5) is 29.1. The lowest BCUT2D eigenvalue weighted by Gasteiger charge is -2.17. The lowest BCUT2D eigenvalue weighted by atomic mass is 10.00. The molecule has 0 unspecified atom stereocenters. The third-order valence-electron chi connectivity index (χ3n) is 3.33. The van der Waals surface area contributed by atoms with Crippen molar-refractivity contribution in [3.8, 4) is 0 Å². The molecule has 17 heavy (non-hydrogen) atoms. The van der Waals surface area contributed by atoms with E-state index in [1.165, 1.54) is 0 Å². The molecule has 0 bridgehead atoms. The molecule has 0 radical (unpaired) electrons. The van der Waals surface area contributed by atoms with Crippen LogP contribution in [0.25, 0.3) is 0 Å². The summed E-state index contributed by atoms with van der Waals surface area (Å²) in [6.07, 6.45) is 1.57.